The lowest BCUT2D eigenvalue weighted by Crippen LogP contribution is -2.02. The molecule has 1 aromatic rings. The van der Waals surface area contributed by atoms with Gasteiger partial charge in [0.1, 0.15) is 0 Å². The molecule has 0 aromatic heterocycles. The Morgan fingerprint density at radius 1 is 1.42 bits per heavy atom. The van der Waals surface area contributed by atoms with Crippen LogP contribution in [0, 0.1) is 0 Å². The minimum absolute atomic E-state index is 0.172. The van der Waals surface area contributed by atoms with Crippen LogP contribution < -0.4 is 0 Å². The van der Waals surface area contributed by atoms with E-state index in [0.717, 1.165) is 6.26 Å². The minimum Gasteiger partial charge on any atom is -0.265 e. The van der Waals surface area contributed by atoms with Gasteiger partial charge in [-0.2, -0.15) is 8.42 Å². The summed E-state index contributed by atoms with van der Waals surface area (Å²) >= 11 is 0. The number of rotatable bonds is 3. The maximum absolute atomic E-state index is 10.8. The van der Waals surface area contributed by atoms with Gasteiger partial charge in [-0.1, -0.05) is 30.3 Å². The zero-order valence-corrected chi connectivity index (χ0v) is 7.34. The highest BCUT2D eigenvalue weighted by atomic mass is 32.2. The maximum atomic E-state index is 10.8. The monoisotopic (exact) mass is 188 g/mol. The van der Waals surface area contributed by atoms with Gasteiger partial charge in [-0.05, 0) is 5.56 Å². The van der Waals surface area contributed by atoms with Crippen LogP contribution in [-0.4, -0.2) is 14.7 Å². The molecule has 1 rings (SSSR count). The normalized spacial score (nSPS) is 15.1. The van der Waals surface area contributed by atoms with E-state index in [4.69, 9.17) is 2.74 Å². The Morgan fingerprint density at radius 3 is 2.50 bits per heavy atom. The average molecular weight is 188 g/mol. The third kappa shape index (κ3) is 3.50. The van der Waals surface area contributed by atoms with Crippen LogP contribution in [0.25, 0.3) is 0 Å². The third-order valence-electron chi connectivity index (χ3n) is 1.08. The largest absolute Gasteiger partial charge is 0.265 e. The van der Waals surface area contributed by atoms with Crippen molar-refractivity contribution in [2.45, 2.75) is 6.56 Å². The molecular formula is C8H10O3S. The first-order chi connectivity index (χ1) is 6.31. The molecular weight excluding hydrogens is 176 g/mol. The van der Waals surface area contributed by atoms with Crippen LogP contribution in [0.4, 0.5) is 0 Å². The molecule has 0 atom stereocenters. The topological polar surface area (TPSA) is 43.4 Å². The Morgan fingerprint density at radius 2 is 2.00 bits per heavy atom. The number of hydrogen-bond donors (Lipinski definition) is 0. The van der Waals surface area contributed by atoms with Crippen LogP contribution in [0.2, 0.25) is 0 Å². The van der Waals surface area contributed by atoms with E-state index in [1.54, 1.807) is 18.2 Å². The molecule has 0 bridgehead atoms. The second-order valence-electron chi connectivity index (χ2n) is 2.26. The van der Waals surface area contributed by atoms with Gasteiger partial charge in [-0.15, -0.1) is 0 Å². The molecule has 0 N–H and O–H groups in total. The van der Waals surface area contributed by atoms with E-state index in [1.165, 1.54) is 12.1 Å². The fourth-order valence-corrected chi connectivity index (χ4v) is 0.878. The third-order valence-corrected chi connectivity index (χ3v) is 1.47. The van der Waals surface area contributed by atoms with Crippen LogP contribution in [0.15, 0.2) is 30.3 Å². The molecule has 0 aliphatic heterocycles. The SMILES string of the molecule is [2H]C([2H])(OS(C)(=O)=O)c1ccccc1. The standard InChI is InChI=1S/C8H10O3S/c1-12(9,10)11-7-8-5-3-2-4-6-8/h2-6H,7H2,1H3/i7D2. The first kappa shape index (κ1) is 6.62. The lowest BCUT2D eigenvalue weighted by molar-refractivity contribution is 0.311. The van der Waals surface area contributed by atoms with Crippen molar-refractivity contribution in [2.75, 3.05) is 6.26 Å². The van der Waals surface area contributed by atoms with Crippen LogP contribution in [0.1, 0.15) is 8.30 Å². The van der Waals surface area contributed by atoms with E-state index in [2.05, 4.69) is 4.18 Å². The van der Waals surface area contributed by atoms with Crippen molar-refractivity contribution in [2.24, 2.45) is 0 Å². The molecule has 0 aliphatic rings. The lowest BCUT2D eigenvalue weighted by atomic mass is 10.2. The number of hydrogen-bond acceptors (Lipinski definition) is 3. The summed E-state index contributed by atoms with van der Waals surface area (Å²) in [5.74, 6) is 0. The Hall–Kier alpha value is -0.870. The highest BCUT2D eigenvalue weighted by molar-refractivity contribution is 7.85. The van der Waals surface area contributed by atoms with Crippen molar-refractivity contribution in [1.29, 1.82) is 0 Å². The first-order valence-corrected chi connectivity index (χ1v) is 5.09. The van der Waals surface area contributed by atoms with Crippen molar-refractivity contribution in [1.82, 2.24) is 0 Å². The summed E-state index contributed by atoms with van der Waals surface area (Å²) in [6.07, 6.45) is 0.813. The van der Waals surface area contributed by atoms with Gasteiger partial charge in [-0.25, -0.2) is 0 Å². The predicted octanol–water partition coefficient (Wildman–Crippen LogP) is 1.16. The molecule has 0 radical (unpaired) electrons. The van der Waals surface area contributed by atoms with Gasteiger partial charge < -0.3 is 0 Å². The molecule has 4 heteroatoms. The number of benzene rings is 1. The highest BCUT2D eigenvalue weighted by Gasteiger charge is 2.00. The highest BCUT2D eigenvalue weighted by Crippen LogP contribution is 2.02. The fourth-order valence-electron chi connectivity index (χ4n) is 0.630. The molecule has 12 heavy (non-hydrogen) atoms. The summed E-state index contributed by atoms with van der Waals surface area (Å²) in [6.45, 7) is -2.31. The zero-order valence-electron chi connectivity index (χ0n) is 8.52. The Labute approximate surface area is 74.9 Å². The Kier molecular flexibility index (Phi) is 2.04. The molecule has 3 nitrogen and oxygen atoms in total. The van der Waals surface area contributed by atoms with Crippen LogP contribution in [0.5, 0.6) is 0 Å². The summed E-state index contributed by atoms with van der Waals surface area (Å²) in [5, 5.41) is 0. The van der Waals surface area contributed by atoms with Crippen LogP contribution in [0.3, 0.4) is 0 Å². The van der Waals surface area contributed by atoms with Gasteiger partial charge in [-0.3, -0.25) is 4.18 Å². The second-order valence-corrected chi connectivity index (χ2v) is 3.83. The second kappa shape index (κ2) is 3.69. The molecule has 0 amide bonds. The van der Waals surface area contributed by atoms with E-state index in [1.807, 2.05) is 0 Å². The fraction of sp³-hybridized carbons (Fsp3) is 0.250. The van der Waals surface area contributed by atoms with E-state index < -0.39 is 16.7 Å². The first-order valence-electron chi connectivity index (χ1n) is 4.27. The average Bonchev–Trinajstić information content (AvgIpc) is 2.01. The van der Waals surface area contributed by atoms with Crippen molar-refractivity contribution in [3.8, 4) is 0 Å². The molecule has 0 saturated heterocycles. The van der Waals surface area contributed by atoms with Gasteiger partial charge in [0.15, 0.2) is 0 Å². The quantitative estimate of drug-likeness (QED) is 0.668. The van der Waals surface area contributed by atoms with Gasteiger partial charge in [0.25, 0.3) is 10.1 Å². The Balaban J connectivity index is 2.97. The Bertz CT molecular complexity index is 400. The van der Waals surface area contributed by atoms with Gasteiger partial charge in [0.2, 0.25) is 0 Å². The summed E-state index contributed by atoms with van der Waals surface area (Å²) < 4.78 is 40.6. The van der Waals surface area contributed by atoms with Gasteiger partial charge >= 0.3 is 0 Å². The molecule has 1 aromatic carbocycles. The smallest absolute Gasteiger partial charge is 0.264 e. The van der Waals surface area contributed by atoms with Crippen molar-refractivity contribution in [3.05, 3.63) is 35.9 Å². The molecule has 0 aliphatic carbocycles. The van der Waals surface area contributed by atoms with Crippen LogP contribution in [-0.2, 0) is 20.9 Å². The zero-order chi connectivity index (χ0) is 10.8. The molecule has 66 valence electrons. The van der Waals surface area contributed by atoms with Gasteiger partial charge in [0.05, 0.1) is 15.6 Å². The van der Waals surface area contributed by atoms with E-state index in [-0.39, 0.29) is 5.56 Å². The maximum Gasteiger partial charge on any atom is 0.264 e. The van der Waals surface area contributed by atoms with Crippen molar-refractivity contribution < 1.29 is 15.3 Å². The molecule has 0 heterocycles. The van der Waals surface area contributed by atoms with Crippen molar-refractivity contribution in [3.63, 3.8) is 0 Å². The van der Waals surface area contributed by atoms with E-state index >= 15 is 0 Å². The van der Waals surface area contributed by atoms with E-state index in [9.17, 15) is 8.42 Å². The predicted molar refractivity (Wildman–Crippen MR) is 46.1 cm³/mol. The molecule has 0 saturated carbocycles. The molecule has 0 spiro atoms. The summed E-state index contributed by atoms with van der Waals surface area (Å²) in [5.41, 5.74) is 0.172. The summed E-state index contributed by atoms with van der Waals surface area (Å²) in [7, 11) is -3.80. The lowest BCUT2D eigenvalue weighted by Gasteiger charge is -1.99. The minimum atomic E-state index is -3.80. The summed E-state index contributed by atoms with van der Waals surface area (Å²) in [6, 6.07) is 7.86. The van der Waals surface area contributed by atoms with Gasteiger partial charge in [0, 0.05) is 0 Å². The van der Waals surface area contributed by atoms with Crippen molar-refractivity contribution >= 4 is 10.1 Å². The van der Waals surface area contributed by atoms with Crippen LogP contribution >= 0.6 is 0 Å². The van der Waals surface area contributed by atoms with E-state index in [0.29, 0.717) is 0 Å². The summed E-state index contributed by atoms with van der Waals surface area (Å²) in [4.78, 5) is 0. The molecule has 0 fully saturated rings. The molecule has 0 unspecified atom stereocenters.